The Morgan fingerprint density at radius 3 is 2.87 bits per heavy atom. The number of hydrogen-bond acceptors (Lipinski definition) is 3. The Morgan fingerprint density at radius 1 is 1.53 bits per heavy atom. The van der Waals surface area contributed by atoms with E-state index in [9.17, 15) is 9.59 Å². The minimum atomic E-state index is -0.271. The zero-order valence-corrected chi connectivity index (χ0v) is 8.56. The molecular formula is C10H12N2O3. The number of anilines is 1. The summed E-state index contributed by atoms with van der Waals surface area (Å²) in [7, 11) is 2.92. The highest BCUT2D eigenvalue weighted by Crippen LogP contribution is 2.11. The molecule has 2 amide bonds. The molecule has 1 rings (SSSR count). The van der Waals surface area contributed by atoms with Gasteiger partial charge in [-0.05, 0) is 18.2 Å². The van der Waals surface area contributed by atoms with Gasteiger partial charge < -0.3 is 5.32 Å². The van der Waals surface area contributed by atoms with Crippen LogP contribution in [0.3, 0.4) is 0 Å². The zero-order chi connectivity index (χ0) is 11.3. The van der Waals surface area contributed by atoms with Gasteiger partial charge in [0.15, 0.2) is 0 Å². The Labute approximate surface area is 87.6 Å². The fraction of sp³-hybridized carbons (Fsp3) is 0.200. The maximum Gasteiger partial charge on any atom is 0.277 e. The number of benzene rings is 1. The molecule has 0 aliphatic heterocycles. The summed E-state index contributed by atoms with van der Waals surface area (Å²) in [6, 6.07) is 6.60. The molecule has 0 saturated carbocycles. The lowest BCUT2D eigenvalue weighted by Gasteiger charge is -2.13. The third-order valence-electron chi connectivity index (χ3n) is 1.89. The van der Waals surface area contributed by atoms with Gasteiger partial charge >= 0.3 is 0 Å². The molecule has 0 aliphatic rings. The first-order valence-corrected chi connectivity index (χ1v) is 4.31. The molecule has 0 aliphatic carbocycles. The smallest absolute Gasteiger partial charge is 0.277 e. The van der Waals surface area contributed by atoms with Crippen molar-refractivity contribution in [2.24, 2.45) is 0 Å². The van der Waals surface area contributed by atoms with E-state index in [0.717, 1.165) is 5.06 Å². The monoisotopic (exact) mass is 208 g/mol. The minimum Gasteiger partial charge on any atom is -0.329 e. The van der Waals surface area contributed by atoms with Crippen molar-refractivity contribution in [3.8, 4) is 0 Å². The standard InChI is InChI=1S/C10H12N2O3/c1-12(15-2)10(14)8-4-3-5-9(6-8)11-7-13/h3-7H,1-2H3,(H,11,13). The molecule has 80 valence electrons. The number of amides is 2. The fourth-order valence-corrected chi connectivity index (χ4v) is 1.07. The molecule has 5 nitrogen and oxygen atoms in total. The van der Waals surface area contributed by atoms with E-state index in [-0.39, 0.29) is 5.91 Å². The van der Waals surface area contributed by atoms with Gasteiger partial charge in [0, 0.05) is 18.3 Å². The summed E-state index contributed by atoms with van der Waals surface area (Å²) in [4.78, 5) is 26.6. The largest absolute Gasteiger partial charge is 0.329 e. The van der Waals surface area contributed by atoms with E-state index >= 15 is 0 Å². The van der Waals surface area contributed by atoms with Crippen molar-refractivity contribution in [2.75, 3.05) is 19.5 Å². The van der Waals surface area contributed by atoms with Crippen molar-refractivity contribution < 1.29 is 14.4 Å². The van der Waals surface area contributed by atoms with Gasteiger partial charge in [-0.15, -0.1) is 0 Å². The zero-order valence-electron chi connectivity index (χ0n) is 8.56. The van der Waals surface area contributed by atoms with Crippen LogP contribution in [-0.4, -0.2) is 31.5 Å². The normalized spacial score (nSPS) is 9.47. The van der Waals surface area contributed by atoms with Crippen LogP contribution in [0.1, 0.15) is 10.4 Å². The Balaban J connectivity index is 2.89. The third kappa shape index (κ3) is 2.78. The molecule has 0 heterocycles. The second kappa shape index (κ2) is 5.11. The molecule has 15 heavy (non-hydrogen) atoms. The van der Waals surface area contributed by atoms with Gasteiger partial charge in [0.25, 0.3) is 5.91 Å². The third-order valence-corrected chi connectivity index (χ3v) is 1.89. The Hall–Kier alpha value is -1.88. The van der Waals surface area contributed by atoms with Crippen LogP contribution in [0.15, 0.2) is 24.3 Å². The first kappa shape index (κ1) is 11.2. The van der Waals surface area contributed by atoms with Crippen molar-refractivity contribution in [2.45, 2.75) is 0 Å². The van der Waals surface area contributed by atoms with E-state index in [2.05, 4.69) is 5.32 Å². The molecule has 5 heteroatoms. The van der Waals surface area contributed by atoms with E-state index in [1.165, 1.54) is 14.2 Å². The lowest BCUT2D eigenvalue weighted by molar-refractivity contribution is -0.105. The number of hydrogen-bond donors (Lipinski definition) is 1. The summed E-state index contributed by atoms with van der Waals surface area (Å²) in [5.41, 5.74) is 1.02. The molecule has 1 aromatic carbocycles. The van der Waals surface area contributed by atoms with E-state index in [1.807, 2.05) is 0 Å². The molecular weight excluding hydrogens is 196 g/mol. The first-order chi connectivity index (χ1) is 7.19. The van der Waals surface area contributed by atoms with E-state index in [4.69, 9.17) is 4.84 Å². The molecule has 0 bridgehead atoms. The second-order valence-electron chi connectivity index (χ2n) is 2.83. The van der Waals surface area contributed by atoms with Crippen LogP contribution in [0, 0.1) is 0 Å². The van der Waals surface area contributed by atoms with Gasteiger partial charge in [-0.1, -0.05) is 6.07 Å². The highest BCUT2D eigenvalue weighted by Gasteiger charge is 2.10. The maximum atomic E-state index is 11.6. The van der Waals surface area contributed by atoms with Gasteiger partial charge in [-0.2, -0.15) is 0 Å². The van der Waals surface area contributed by atoms with E-state index < -0.39 is 0 Å². The average Bonchev–Trinajstić information content (AvgIpc) is 2.28. The summed E-state index contributed by atoms with van der Waals surface area (Å²) in [5.74, 6) is -0.271. The summed E-state index contributed by atoms with van der Waals surface area (Å²) < 4.78 is 0. The van der Waals surface area contributed by atoms with Crippen LogP contribution in [0.2, 0.25) is 0 Å². The number of nitrogens with one attached hydrogen (secondary N) is 1. The topological polar surface area (TPSA) is 58.6 Å². The quantitative estimate of drug-likeness (QED) is 0.590. The van der Waals surface area contributed by atoms with Crippen molar-refractivity contribution in [3.63, 3.8) is 0 Å². The average molecular weight is 208 g/mol. The highest BCUT2D eigenvalue weighted by atomic mass is 16.7. The van der Waals surface area contributed by atoms with Crippen LogP contribution in [0.4, 0.5) is 5.69 Å². The predicted molar refractivity (Wildman–Crippen MR) is 55.2 cm³/mol. The molecule has 0 fully saturated rings. The molecule has 0 atom stereocenters. The van der Waals surface area contributed by atoms with Crippen molar-refractivity contribution >= 4 is 18.0 Å². The molecule has 0 unspecified atom stereocenters. The summed E-state index contributed by atoms with van der Waals surface area (Å²) in [6.07, 6.45) is 0.559. The molecule has 0 spiro atoms. The maximum absolute atomic E-state index is 11.6. The molecule has 1 aromatic rings. The molecule has 0 saturated heterocycles. The first-order valence-electron chi connectivity index (χ1n) is 4.31. The van der Waals surface area contributed by atoms with E-state index in [0.29, 0.717) is 17.7 Å². The van der Waals surface area contributed by atoms with Crippen molar-refractivity contribution in [1.29, 1.82) is 0 Å². The summed E-state index contributed by atoms with van der Waals surface area (Å²) in [5, 5.41) is 3.58. The van der Waals surface area contributed by atoms with Crippen LogP contribution >= 0.6 is 0 Å². The Morgan fingerprint density at radius 2 is 2.27 bits per heavy atom. The fourth-order valence-electron chi connectivity index (χ4n) is 1.07. The molecule has 1 N–H and O–H groups in total. The summed E-state index contributed by atoms with van der Waals surface area (Å²) in [6.45, 7) is 0. The Bertz CT molecular complexity index is 365. The van der Waals surface area contributed by atoms with E-state index in [1.54, 1.807) is 24.3 Å². The number of nitrogens with zero attached hydrogens (tertiary/aromatic N) is 1. The molecule has 0 radical (unpaired) electrons. The minimum absolute atomic E-state index is 0.271. The lowest BCUT2D eigenvalue weighted by Crippen LogP contribution is -2.25. The van der Waals surface area contributed by atoms with Crippen LogP contribution in [-0.2, 0) is 9.63 Å². The number of hydroxylamine groups is 2. The van der Waals surface area contributed by atoms with Crippen molar-refractivity contribution in [1.82, 2.24) is 5.06 Å². The SMILES string of the molecule is CON(C)C(=O)c1cccc(NC=O)c1. The van der Waals surface area contributed by atoms with Crippen LogP contribution in [0.25, 0.3) is 0 Å². The summed E-state index contributed by atoms with van der Waals surface area (Å²) >= 11 is 0. The van der Waals surface area contributed by atoms with Crippen LogP contribution in [0.5, 0.6) is 0 Å². The highest BCUT2D eigenvalue weighted by molar-refractivity contribution is 5.94. The number of carbonyl (C=O) groups excluding carboxylic acids is 2. The Kier molecular flexibility index (Phi) is 3.82. The lowest BCUT2D eigenvalue weighted by atomic mass is 10.2. The van der Waals surface area contributed by atoms with Gasteiger partial charge in [-0.3, -0.25) is 14.4 Å². The van der Waals surface area contributed by atoms with Gasteiger partial charge in [0.05, 0.1) is 7.11 Å². The predicted octanol–water partition coefficient (Wildman–Crippen LogP) is 0.888. The number of rotatable bonds is 4. The van der Waals surface area contributed by atoms with Gasteiger partial charge in [-0.25, -0.2) is 5.06 Å². The molecule has 0 aromatic heterocycles. The van der Waals surface area contributed by atoms with Crippen LogP contribution < -0.4 is 5.32 Å². The van der Waals surface area contributed by atoms with Gasteiger partial charge in [0.1, 0.15) is 0 Å². The van der Waals surface area contributed by atoms with Crippen molar-refractivity contribution in [3.05, 3.63) is 29.8 Å². The van der Waals surface area contributed by atoms with Gasteiger partial charge in [0.2, 0.25) is 6.41 Å². The number of carbonyl (C=O) groups is 2. The second-order valence-corrected chi connectivity index (χ2v) is 2.83.